The maximum absolute atomic E-state index is 12.6. The molecule has 0 heterocycles. The predicted octanol–water partition coefficient (Wildman–Crippen LogP) is 3.27. The molecule has 33 heavy (non-hydrogen) atoms. The van der Waals surface area contributed by atoms with E-state index in [4.69, 9.17) is 9.47 Å². The number of hydrogen-bond acceptors (Lipinski definition) is 6. The third-order valence-electron chi connectivity index (χ3n) is 5.04. The van der Waals surface area contributed by atoms with Crippen LogP contribution in [0.15, 0.2) is 89.8 Å². The second-order valence-corrected chi connectivity index (χ2v) is 9.19. The second-order valence-electron chi connectivity index (χ2n) is 7.69. The van der Waals surface area contributed by atoms with E-state index in [0.29, 0.717) is 10.5 Å². The summed E-state index contributed by atoms with van der Waals surface area (Å²) in [7, 11) is -1.53. The van der Waals surface area contributed by atoms with Crippen molar-refractivity contribution >= 4 is 16.8 Å². The van der Waals surface area contributed by atoms with Crippen molar-refractivity contribution in [2.24, 2.45) is 0 Å². The van der Waals surface area contributed by atoms with Crippen molar-refractivity contribution in [1.29, 1.82) is 0 Å². The SMILES string of the molecule is Cc1ccc([S@@](=O)C[C@H](O)[C@@H](O)[C@H](COCc2ccccc2)OC(=O)c2ccccc2)cc1. The Bertz CT molecular complexity index is 1020. The summed E-state index contributed by atoms with van der Waals surface area (Å²) in [6, 6.07) is 24.9. The first kappa shape index (κ1) is 24.8. The lowest BCUT2D eigenvalue weighted by Crippen LogP contribution is -2.45. The second kappa shape index (κ2) is 12.4. The number of carbonyl (C=O) groups excluding carboxylic acids is 1. The molecule has 0 saturated carbocycles. The van der Waals surface area contributed by atoms with Crippen molar-refractivity contribution in [2.45, 2.75) is 36.7 Å². The molecule has 3 aromatic rings. The molecule has 174 valence electrons. The van der Waals surface area contributed by atoms with E-state index in [9.17, 15) is 19.2 Å². The minimum Gasteiger partial charge on any atom is -0.453 e. The summed E-state index contributed by atoms with van der Waals surface area (Å²) in [6.45, 7) is 2.04. The highest BCUT2D eigenvalue weighted by molar-refractivity contribution is 7.85. The molecule has 0 aliphatic carbocycles. The van der Waals surface area contributed by atoms with Gasteiger partial charge in [-0.3, -0.25) is 4.21 Å². The number of ether oxygens (including phenoxy) is 2. The normalized spacial score (nSPS) is 14.8. The highest BCUT2D eigenvalue weighted by Gasteiger charge is 2.31. The molecule has 4 atom stereocenters. The zero-order valence-electron chi connectivity index (χ0n) is 18.4. The van der Waals surface area contributed by atoms with Gasteiger partial charge in [0, 0.05) is 4.90 Å². The van der Waals surface area contributed by atoms with E-state index in [2.05, 4.69) is 0 Å². The summed E-state index contributed by atoms with van der Waals surface area (Å²) in [5.41, 5.74) is 2.26. The molecule has 0 aromatic heterocycles. The Morgan fingerprint density at radius 1 is 0.909 bits per heavy atom. The molecule has 0 saturated heterocycles. The van der Waals surface area contributed by atoms with Gasteiger partial charge >= 0.3 is 5.97 Å². The molecule has 0 aliphatic heterocycles. The van der Waals surface area contributed by atoms with Crippen LogP contribution in [0.5, 0.6) is 0 Å². The van der Waals surface area contributed by atoms with Crippen molar-refractivity contribution in [3.8, 4) is 0 Å². The van der Waals surface area contributed by atoms with Crippen molar-refractivity contribution in [3.05, 3.63) is 102 Å². The third-order valence-corrected chi connectivity index (χ3v) is 6.48. The molecule has 6 nitrogen and oxygen atoms in total. The number of aliphatic hydroxyl groups is 2. The number of aliphatic hydroxyl groups excluding tert-OH is 2. The van der Waals surface area contributed by atoms with Gasteiger partial charge in [-0.15, -0.1) is 0 Å². The predicted molar refractivity (Wildman–Crippen MR) is 126 cm³/mol. The highest BCUT2D eigenvalue weighted by Crippen LogP contribution is 2.15. The molecular weight excluding hydrogens is 440 g/mol. The fourth-order valence-electron chi connectivity index (χ4n) is 3.14. The van der Waals surface area contributed by atoms with Crippen LogP contribution in [0.25, 0.3) is 0 Å². The van der Waals surface area contributed by atoms with E-state index < -0.39 is 35.1 Å². The zero-order chi connectivity index (χ0) is 23.6. The Labute approximate surface area is 196 Å². The standard InChI is InChI=1S/C26H28O6S/c1-19-12-14-22(15-13-19)33(30)18-23(27)25(28)24(17-31-16-20-8-4-2-5-9-20)32-26(29)21-10-6-3-7-11-21/h2-15,23-25,27-28H,16-18H2,1H3/t23-,24-,25+,33-/m0/s1. The van der Waals surface area contributed by atoms with Gasteiger partial charge in [-0.25, -0.2) is 4.79 Å². The first-order valence-corrected chi connectivity index (χ1v) is 11.9. The largest absolute Gasteiger partial charge is 0.453 e. The van der Waals surface area contributed by atoms with E-state index in [-0.39, 0.29) is 19.0 Å². The molecule has 0 aliphatic rings. The number of esters is 1. The monoisotopic (exact) mass is 468 g/mol. The van der Waals surface area contributed by atoms with Crippen LogP contribution < -0.4 is 0 Å². The smallest absolute Gasteiger partial charge is 0.338 e. The van der Waals surface area contributed by atoms with Crippen LogP contribution in [0, 0.1) is 6.92 Å². The Balaban J connectivity index is 1.66. The Morgan fingerprint density at radius 3 is 2.15 bits per heavy atom. The summed E-state index contributed by atoms with van der Waals surface area (Å²) in [4.78, 5) is 13.1. The van der Waals surface area contributed by atoms with Crippen LogP contribution >= 0.6 is 0 Å². The molecule has 7 heteroatoms. The molecule has 3 rings (SSSR count). The fraction of sp³-hybridized carbons (Fsp3) is 0.269. The average Bonchev–Trinajstić information content (AvgIpc) is 2.84. The molecule has 0 fully saturated rings. The lowest BCUT2D eigenvalue weighted by atomic mass is 10.1. The quantitative estimate of drug-likeness (QED) is 0.420. The zero-order valence-corrected chi connectivity index (χ0v) is 19.2. The van der Waals surface area contributed by atoms with E-state index in [1.807, 2.05) is 49.4 Å². The van der Waals surface area contributed by atoms with Crippen molar-refractivity contribution in [1.82, 2.24) is 0 Å². The molecule has 3 aromatic carbocycles. The average molecular weight is 469 g/mol. The van der Waals surface area contributed by atoms with Gasteiger partial charge in [0.1, 0.15) is 6.10 Å². The lowest BCUT2D eigenvalue weighted by molar-refractivity contribution is -0.0926. The van der Waals surface area contributed by atoms with Crippen LogP contribution in [0.4, 0.5) is 0 Å². The Morgan fingerprint density at radius 2 is 1.52 bits per heavy atom. The summed E-state index contributed by atoms with van der Waals surface area (Å²) in [5.74, 6) is -0.850. The van der Waals surface area contributed by atoms with Gasteiger partial charge in [0.2, 0.25) is 0 Å². The van der Waals surface area contributed by atoms with Crippen molar-refractivity contribution in [2.75, 3.05) is 12.4 Å². The Hall–Kier alpha value is -2.84. The fourth-order valence-corrected chi connectivity index (χ4v) is 4.28. The molecule has 0 spiro atoms. The maximum atomic E-state index is 12.6. The maximum Gasteiger partial charge on any atom is 0.338 e. The molecule has 0 unspecified atom stereocenters. The molecule has 2 N–H and O–H groups in total. The number of hydrogen-bond donors (Lipinski definition) is 2. The highest BCUT2D eigenvalue weighted by atomic mass is 32.2. The van der Waals surface area contributed by atoms with E-state index in [1.165, 1.54) is 0 Å². The number of benzene rings is 3. The third kappa shape index (κ3) is 7.61. The first-order valence-electron chi connectivity index (χ1n) is 10.6. The van der Waals surface area contributed by atoms with Crippen LogP contribution in [0.2, 0.25) is 0 Å². The number of aryl methyl sites for hydroxylation is 1. The first-order chi connectivity index (χ1) is 15.9. The molecule has 0 amide bonds. The van der Waals surface area contributed by atoms with Gasteiger partial charge < -0.3 is 19.7 Å². The van der Waals surface area contributed by atoms with Gasteiger partial charge in [0.25, 0.3) is 0 Å². The van der Waals surface area contributed by atoms with Crippen LogP contribution in [-0.4, -0.2) is 51.1 Å². The Kier molecular flexibility index (Phi) is 9.33. The minimum atomic E-state index is -1.53. The van der Waals surface area contributed by atoms with E-state index >= 15 is 0 Å². The van der Waals surface area contributed by atoms with Crippen LogP contribution in [0.3, 0.4) is 0 Å². The van der Waals surface area contributed by atoms with Crippen LogP contribution in [-0.2, 0) is 26.9 Å². The summed E-state index contributed by atoms with van der Waals surface area (Å²) >= 11 is 0. The van der Waals surface area contributed by atoms with E-state index in [1.54, 1.807) is 42.5 Å². The van der Waals surface area contributed by atoms with Crippen molar-refractivity contribution in [3.63, 3.8) is 0 Å². The number of carbonyl (C=O) groups is 1. The van der Waals surface area contributed by atoms with Crippen molar-refractivity contribution < 1.29 is 28.7 Å². The summed E-state index contributed by atoms with van der Waals surface area (Å²) in [5, 5.41) is 21.4. The van der Waals surface area contributed by atoms with Gasteiger partial charge in [-0.1, -0.05) is 66.2 Å². The lowest BCUT2D eigenvalue weighted by Gasteiger charge is -2.26. The number of rotatable bonds is 11. The summed E-state index contributed by atoms with van der Waals surface area (Å²) < 4.78 is 23.8. The summed E-state index contributed by atoms with van der Waals surface area (Å²) in [6.07, 6.45) is -4.02. The molecule has 0 bridgehead atoms. The van der Waals surface area contributed by atoms with Crippen LogP contribution in [0.1, 0.15) is 21.5 Å². The van der Waals surface area contributed by atoms with E-state index in [0.717, 1.165) is 11.1 Å². The van der Waals surface area contributed by atoms with Gasteiger partial charge in [-0.05, 0) is 36.8 Å². The van der Waals surface area contributed by atoms with Gasteiger partial charge in [0.15, 0.2) is 6.10 Å². The molecular formula is C26H28O6S. The van der Waals surface area contributed by atoms with Gasteiger partial charge in [0.05, 0.1) is 41.4 Å². The minimum absolute atomic E-state index is 0.136. The molecule has 0 radical (unpaired) electrons. The van der Waals surface area contributed by atoms with Gasteiger partial charge in [-0.2, -0.15) is 0 Å². The topological polar surface area (TPSA) is 93.1 Å².